The zero-order valence-electron chi connectivity index (χ0n) is 27.3. The summed E-state index contributed by atoms with van der Waals surface area (Å²) in [5.41, 5.74) is 11.7. The van der Waals surface area contributed by atoms with E-state index < -0.39 is 0 Å². The highest BCUT2D eigenvalue weighted by Crippen LogP contribution is 2.41. The molecule has 216 valence electrons. The van der Waals surface area contributed by atoms with Gasteiger partial charge in [0.2, 0.25) is 0 Å². The van der Waals surface area contributed by atoms with Crippen molar-refractivity contribution >= 4 is 0 Å². The minimum absolute atomic E-state index is 0.291. The Balaban J connectivity index is 1.89. The Morgan fingerprint density at radius 1 is 0.500 bits per heavy atom. The molecule has 0 spiro atoms. The van der Waals surface area contributed by atoms with Crippen molar-refractivity contribution in [3.63, 3.8) is 0 Å². The summed E-state index contributed by atoms with van der Waals surface area (Å²) < 4.78 is 0. The summed E-state index contributed by atoms with van der Waals surface area (Å²) in [7, 11) is 0. The van der Waals surface area contributed by atoms with Gasteiger partial charge in [-0.25, -0.2) is 0 Å². The molecule has 0 unspecified atom stereocenters. The van der Waals surface area contributed by atoms with Crippen molar-refractivity contribution in [2.24, 2.45) is 10.8 Å². The molecule has 0 aromatic rings. The second kappa shape index (κ2) is 15.8. The van der Waals surface area contributed by atoms with Gasteiger partial charge in [0.15, 0.2) is 0 Å². The number of hydrogen-bond acceptors (Lipinski definition) is 0. The van der Waals surface area contributed by atoms with Crippen molar-refractivity contribution in [2.75, 3.05) is 0 Å². The summed E-state index contributed by atoms with van der Waals surface area (Å²) >= 11 is 0. The largest absolute Gasteiger partial charge is 0.0696 e. The first-order valence-electron chi connectivity index (χ1n) is 15.3. The van der Waals surface area contributed by atoms with Crippen molar-refractivity contribution < 1.29 is 0 Å². The molecule has 40 heavy (non-hydrogen) atoms. The molecular formula is C40H56. The van der Waals surface area contributed by atoms with Gasteiger partial charge in [0.1, 0.15) is 0 Å². The molecule has 0 bridgehead atoms. The second-order valence-electron chi connectivity index (χ2n) is 13.3. The minimum Gasteiger partial charge on any atom is -0.0696 e. The fraction of sp³-hybridized carbons (Fsp3) is 0.450. The van der Waals surface area contributed by atoms with Crippen LogP contribution in [0.4, 0.5) is 0 Å². The van der Waals surface area contributed by atoms with Crippen LogP contribution in [0.1, 0.15) is 108 Å². The lowest BCUT2D eigenvalue weighted by atomic mass is 9.72. The van der Waals surface area contributed by atoms with E-state index >= 15 is 0 Å². The van der Waals surface area contributed by atoms with Crippen molar-refractivity contribution in [1.82, 2.24) is 0 Å². The van der Waals surface area contributed by atoms with E-state index in [0.29, 0.717) is 10.8 Å². The van der Waals surface area contributed by atoms with Gasteiger partial charge in [0.25, 0.3) is 0 Å². The molecule has 0 fully saturated rings. The van der Waals surface area contributed by atoms with E-state index in [1.807, 2.05) is 0 Å². The van der Waals surface area contributed by atoms with E-state index in [1.165, 1.54) is 72.0 Å². The van der Waals surface area contributed by atoms with E-state index in [1.54, 1.807) is 11.1 Å². The maximum absolute atomic E-state index is 2.37. The van der Waals surface area contributed by atoms with Gasteiger partial charge in [0, 0.05) is 0 Å². The molecule has 0 heteroatoms. The standard InChI is InChI=1S/C40H56/c1-31(19-13-21-33(3)25-27-37-35(5)23-15-29-39(37,7)8)17-11-12-18-32(2)20-14-22-34(4)26-28-38-36(6)24-16-30-40(38,9)10/h11-14,17-22,25-28H,15-16,23-24,29-30H2,1-10H3/b12-11-,19-13-,20-14-,27-25-,28-26-,31-17-,32-18+,33-21+,34-22+. The van der Waals surface area contributed by atoms with Crippen LogP contribution in [0.3, 0.4) is 0 Å². The van der Waals surface area contributed by atoms with E-state index in [0.717, 1.165) is 0 Å². The topological polar surface area (TPSA) is 0 Å². The van der Waals surface area contributed by atoms with Gasteiger partial charge < -0.3 is 0 Å². The molecule has 0 N–H and O–H groups in total. The molecule has 0 aromatic heterocycles. The lowest BCUT2D eigenvalue weighted by molar-refractivity contribution is 0.376. The molecule has 2 aliphatic carbocycles. The molecule has 0 aliphatic heterocycles. The third kappa shape index (κ3) is 11.3. The van der Waals surface area contributed by atoms with Crippen LogP contribution in [0.25, 0.3) is 0 Å². The van der Waals surface area contributed by atoms with Crippen LogP contribution in [0.2, 0.25) is 0 Å². The lowest BCUT2D eigenvalue weighted by Gasteiger charge is -2.33. The second-order valence-corrected chi connectivity index (χ2v) is 13.3. The van der Waals surface area contributed by atoms with Gasteiger partial charge in [-0.3, -0.25) is 0 Å². The minimum atomic E-state index is 0.291. The Kier molecular flexibility index (Phi) is 13.2. The van der Waals surface area contributed by atoms with Gasteiger partial charge in [-0.05, 0) is 102 Å². The molecule has 0 aromatic carbocycles. The first-order chi connectivity index (χ1) is 18.8. The molecule has 0 amide bonds. The maximum atomic E-state index is 2.37. The molecule has 0 saturated carbocycles. The van der Waals surface area contributed by atoms with E-state index in [9.17, 15) is 0 Å². The Hall–Kier alpha value is -2.86. The summed E-state index contributed by atoms with van der Waals surface area (Å²) in [4.78, 5) is 0. The third-order valence-electron chi connectivity index (χ3n) is 8.38. The van der Waals surface area contributed by atoms with Gasteiger partial charge in [-0.15, -0.1) is 0 Å². The van der Waals surface area contributed by atoms with Crippen molar-refractivity contribution in [1.29, 1.82) is 0 Å². The molecule has 0 heterocycles. The monoisotopic (exact) mass is 536 g/mol. The number of allylic oxidation sites excluding steroid dienone is 22. The molecule has 0 atom stereocenters. The van der Waals surface area contributed by atoms with Crippen LogP contribution in [0.5, 0.6) is 0 Å². The molecule has 2 rings (SSSR count). The Morgan fingerprint density at radius 2 is 0.825 bits per heavy atom. The van der Waals surface area contributed by atoms with Crippen LogP contribution in [-0.4, -0.2) is 0 Å². The molecule has 0 nitrogen and oxygen atoms in total. The molecule has 0 radical (unpaired) electrons. The number of hydrogen-bond donors (Lipinski definition) is 0. The fourth-order valence-electron chi connectivity index (χ4n) is 5.79. The van der Waals surface area contributed by atoms with E-state index in [2.05, 4.69) is 154 Å². The summed E-state index contributed by atoms with van der Waals surface area (Å²) in [6, 6.07) is 0. The zero-order valence-corrected chi connectivity index (χ0v) is 27.3. The van der Waals surface area contributed by atoms with Crippen LogP contribution < -0.4 is 0 Å². The SMILES string of the molecule is CC1=C(\C=C/C(C)=C/C=C\C(C)=C/C=C\C=C(C)\C=C/C=C(C)/C=C\C2=C(C)CCCC2(C)C)C(C)(C)CCC1. The Morgan fingerprint density at radius 3 is 1.18 bits per heavy atom. The van der Waals surface area contributed by atoms with Crippen LogP contribution in [-0.2, 0) is 0 Å². The van der Waals surface area contributed by atoms with E-state index in [4.69, 9.17) is 0 Å². The average molecular weight is 537 g/mol. The highest BCUT2D eigenvalue weighted by atomic mass is 14.3. The zero-order chi connectivity index (χ0) is 29.8. The first kappa shape index (κ1) is 33.3. The first-order valence-corrected chi connectivity index (χ1v) is 15.3. The van der Waals surface area contributed by atoms with Gasteiger partial charge in [-0.2, -0.15) is 0 Å². The van der Waals surface area contributed by atoms with Crippen molar-refractivity contribution in [3.8, 4) is 0 Å². The summed E-state index contributed by atoms with van der Waals surface area (Å²) in [5.74, 6) is 0. The van der Waals surface area contributed by atoms with Gasteiger partial charge >= 0.3 is 0 Å². The van der Waals surface area contributed by atoms with Crippen molar-refractivity contribution in [3.05, 3.63) is 130 Å². The van der Waals surface area contributed by atoms with Crippen LogP contribution >= 0.6 is 0 Å². The average Bonchev–Trinajstić information content (AvgIpc) is 2.85. The lowest BCUT2D eigenvalue weighted by Crippen LogP contribution is -2.19. The Bertz CT molecular complexity index is 1120. The van der Waals surface area contributed by atoms with Crippen molar-refractivity contribution in [2.45, 2.75) is 108 Å². The highest BCUT2D eigenvalue weighted by Gasteiger charge is 2.27. The van der Waals surface area contributed by atoms with Gasteiger partial charge in [0.05, 0.1) is 0 Å². The smallest absolute Gasteiger partial charge is 0.0104 e. The summed E-state index contributed by atoms with van der Waals surface area (Å²) in [6.07, 6.45) is 38.4. The molecular weight excluding hydrogens is 480 g/mol. The third-order valence-corrected chi connectivity index (χ3v) is 8.38. The van der Waals surface area contributed by atoms with Crippen LogP contribution in [0, 0.1) is 10.8 Å². The predicted molar refractivity (Wildman–Crippen MR) is 181 cm³/mol. The molecule has 0 saturated heterocycles. The Labute approximate surface area is 247 Å². The van der Waals surface area contributed by atoms with Gasteiger partial charge in [-0.1, -0.05) is 146 Å². The highest BCUT2D eigenvalue weighted by molar-refractivity contribution is 5.39. The molecule has 2 aliphatic rings. The summed E-state index contributed by atoms with van der Waals surface area (Å²) in [5, 5.41) is 0. The number of rotatable bonds is 10. The quantitative estimate of drug-likeness (QED) is 0.244. The maximum Gasteiger partial charge on any atom is -0.0104 e. The predicted octanol–water partition coefficient (Wildman–Crippen LogP) is 12.6. The van der Waals surface area contributed by atoms with E-state index in [-0.39, 0.29) is 0 Å². The summed E-state index contributed by atoms with van der Waals surface area (Å²) in [6.45, 7) is 22.7. The van der Waals surface area contributed by atoms with Crippen LogP contribution in [0.15, 0.2) is 130 Å². The fourth-order valence-corrected chi connectivity index (χ4v) is 5.79. The normalized spacial score (nSPS) is 21.9.